The minimum atomic E-state index is -4.28. The Morgan fingerprint density at radius 3 is 2.44 bits per heavy atom. The summed E-state index contributed by atoms with van der Waals surface area (Å²) in [5, 5.41) is 0. The van der Waals surface area contributed by atoms with E-state index in [-0.39, 0.29) is 12.2 Å². The van der Waals surface area contributed by atoms with E-state index in [0.717, 1.165) is 0 Å². The van der Waals surface area contributed by atoms with Crippen molar-refractivity contribution in [3.63, 3.8) is 0 Å². The highest BCUT2D eigenvalue weighted by Crippen LogP contribution is 2.27. The summed E-state index contributed by atoms with van der Waals surface area (Å²) < 4.78 is 64.1. The Labute approximate surface area is 101 Å². The van der Waals surface area contributed by atoms with Crippen molar-refractivity contribution in [2.75, 3.05) is 0 Å². The Morgan fingerprint density at radius 1 is 1.22 bits per heavy atom. The number of hydrogen-bond acceptors (Lipinski definition) is 2. The first-order valence-corrected chi connectivity index (χ1v) is 5.15. The minimum Gasteiger partial charge on any atom is -0.435 e. The molecule has 2 N–H and O–H groups in total. The van der Waals surface area contributed by atoms with Crippen molar-refractivity contribution in [2.24, 2.45) is 5.73 Å². The third kappa shape index (κ3) is 5.31. The molecule has 1 rings (SSSR count). The molecule has 7 heteroatoms. The maximum Gasteiger partial charge on any atom is 0.389 e. The van der Waals surface area contributed by atoms with Crippen LogP contribution in [0.15, 0.2) is 24.3 Å². The van der Waals surface area contributed by atoms with Crippen LogP contribution in [0.25, 0.3) is 0 Å². The standard InChI is InChI=1S/C11H12F5NO/c12-10(13)18-8-3-1-2-7(6-8)9(17)4-5-11(14,15)16/h1-3,6,9-10H,4-5,17H2. The van der Waals surface area contributed by atoms with Crippen LogP contribution in [0.5, 0.6) is 5.75 Å². The second-order valence-electron chi connectivity index (χ2n) is 3.71. The molecule has 0 amide bonds. The Balaban J connectivity index is 2.65. The van der Waals surface area contributed by atoms with Crippen molar-refractivity contribution in [1.29, 1.82) is 0 Å². The summed E-state index contributed by atoms with van der Waals surface area (Å²) in [6.07, 6.45) is -5.61. The highest BCUT2D eigenvalue weighted by atomic mass is 19.4. The SMILES string of the molecule is NC(CCC(F)(F)F)c1cccc(OC(F)F)c1. The van der Waals surface area contributed by atoms with E-state index in [2.05, 4.69) is 4.74 Å². The Morgan fingerprint density at radius 2 is 1.89 bits per heavy atom. The molecule has 0 aliphatic rings. The lowest BCUT2D eigenvalue weighted by atomic mass is 10.0. The molecule has 0 fully saturated rings. The Kier molecular flexibility index (Phi) is 4.89. The third-order valence-electron chi connectivity index (χ3n) is 2.25. The first kappa shape index (κ1) is 14.7. The Bertz CT molecular complexity index is 380. The number of rotatable bonds is 5. The molecule has 0 aromatic heterocycles. The molecule has 0 heterocycles. The van der Waals surface area contributed by atoms with Crippen molar-refractivity contribution < 1.29 is 26.7 Å². The summed E-state index contributed by atoms with van der Waals surface area (Å²) >= 11 is 0. The summed E-state index contributed by atoms with van der Waals surface area (Å²) in [6.45, 7) is -2.98. The molecule has 0 radical (unpaired) electrons. The molecule has 102 valence electrons. The van der Waals surface area contributed by atoms with Crippen LogP contribution in [0.2, 0.25) is 0 Å². The van der Waals surface area contributed by atoms with Gasteiger partial charge in [-0.25, -0.2) is 0 Å². The lowest BCUT2D eigenvalue weighted by Crippen LogP contribution is -2.16. The molecule has 0 spiro atoms. The van der Waals surface area contributed by atoms with Crippen molar-refractivity contribution in [2.45, 2.75) is 31.7 Å². The van der Waals surface area contributed by atoms with Crippen LogP contribution in [-0.4, -0.2) is 12.8 Å². The van der Waals surface area contributed by atoms with Gasteiger partial charge < -0.3 is 10.5 Å². The van der Waals surface area contributed by atoms with Gasteiger partial charge in [0.1, 0.15) is 5.75 Å². The lowest BCUT2D eigenvalue weighted by molar-refractivity contribution is -0.136. The predicted octanol–water partition coefficient (Wildman–Crippen LogP) is 3.63. The molecule has 1 aromatic rings. The van der Waals surface area contributed by atoms with Crippen LogP contribution in [0.3, 0.4) is 0 Å². The van der Waals surface area contributed by atoms with E-state index in [1.807, 2.05) is 0 Å². The first-order valence-electron chi connectivity index (χ1n) is 5.15. The molecule has 1 atom stereocenters. The van der Waals surface area contributed by atoms with Gasteiger partial charge in [0, 0.05) is 12.5 Å². The first-order chi connectivity index (χ1) is 8.28. The Hall–Kier alpha value is -1.37. The summed E-state index contributed by atoms with van der Waals surface area (Å²) in [5.74, 6) is -0.120. The zero-order valence-corrected chi connectivity index (χ0v) is 9.25. The van der Waals surface area contributed by atoms with Gasteiger partial charge in [-0.05, 0) is 24.1 Å². The predicted molar refractivity (Wildman–Crippen MR) is 55.3 cm³/mol. The molecule has 0 saturated heterocycles. The second-order valence-corrected chi connectivity index (χ2v) is 3.71. The maximum atomic E-state index is 12.0. The summed E-state index contributed by atoms with van der Waals surface area (Å²) in [6, 6.07) is 4.51. The van der Waals surface area contributed by atoms with Crippen molar-refractivity contribution in [3.8, 4) is 5.75 Å². The van der Waals surface area contributed by atoms with Crippen molar-refractivity contribution in [1.82, 2.24) is 0 Å². The van der Waals surface area contributed by atoms with Gasteiger partial charge in [0.25, 0.3) is 0 Å². The quantitative estimate of drug-likeness (QED) is 0.828. The smallest absolute Gasteiger partial charge is 0.389 e. The number of benzene rings is 1. The summed E-state index contributed by atoms with van der Waals surface area (Å²) in [5.41, 5.74) is 5.89. The second kappa shape index (κ2) is 5.99. The molecule has 1 aromatic carbocycles. The van der Waals surface area contributed by atoms with Crippen LogP contribution < -0.4 is 10.5 Å². The van der Waals surface area contributed by atoms with Gasteiger partial charge in [0.05, 0.1) is 0 Å². The number of alkyl halides is 5. The van der Waals surface area contributed by atoms with E-state index < -0.39 is 25.3 Å². The van der Waals surface area contributed by atoms with Gasteiger partial charge in [-0.2, -0.15) is 22.0 Å². The molecule has 18 heavy (non-hydrogen) atoms. The minimum absolute atomic E-state index is 0.120. The summed E-state index contributed by atoms with van der Waals surface area (Å²) in [4.78, 5) is 0. The molecule has 2 nitrogen and oxygen atoms in total. The van der Waals surface area contributed by atoms with Gasteiger partial charge in [-0.1, -0.05) is 12.1 Å². The third-order valence-corrected chi connectivity index (χ3v) is 2.25. The molecule has 1 unspecified atom stereocenters. The van der Waals surface area contributed by atoms with Gasteiger partial charge in [0.15, 0.2) is 0 Å². The summed E-state index contributed by atoms with van der Waals surface area (Å²) in [7, 11) is 0. The largest absolute Gasteiger partial charge is 0.435 e. The topological polar surface area (TPSA) is 35.2 Å². The van der Waals surface area contributed by atoms with E-state index in [1.165, 1.54) is 24.3 Å². The highest BCUT2D eigenvalue weighted by molar-refractivity contribution is 5.30. The molecule has 0 aliphatic heterocycles. The number of nitrogens with two attached hydrogens (primary N) is 1. The molecular formula is C11H12F5NO. The lowest BCUT2D eigenvalue weighted by Gasteiger charge is -2.14. The van der Waals surface area contributed by atoms with E-state index in [4.69, 9.17) is 5.73 Å². The van der Waals surface area contributed by atoms with E-state index >= 15 is 0 Å². The number of ether oxygens (including phenoxy) is 1. The average molecular weight is 269 g/mol. The fraction of sp³-hybridized carbons (Fsp3) is 0.455. The van der Waals surface area contributed by atoms with Gasteiger partial charge in [-0.3, -0.25) is 0 Å². The highest BCUT2D eigenvalue weighted by Gasteiger charge is 2.27. The van der Waals surface area contributed by atoms with E-state index in [1.54, 1.807) is 0 Å². The normalized spacial score (nSPS) is 13.7. The van der Waals surface area contributed by atoms with E-state index in [9.17, 15) is 22.0 Å². The average Bonchev–Trinajstić information content (AvgIpc) is 2.24. The fourth-order valence-electron chi connectivity index (χ4n) is 1.41. The van der Waals surface area contributed by atoms with Gasteiger partial charge >= 0.3 is 12.8 Å². The zero-order valence-electron chi connectivity index (χ0n) is 9.25. The van der Waals surface area contributed by atoms with Crippen molar-refractivity contribution in [3.05, 3.63) is 29.8 Å². The number of halogens is 5. The molecule has 0 saturated carbocycles. The van der Waals surface area contributed by atoms with Crippen molar-refractivity contribution >= 4 is 0 Å². The fourth-order valence-corrected chi connectivity index (χ4v) is 1.41. The molecule has 0 bridgehead atoms. The van der Waals surface area contributed by atoms with E-state index in [0.29, 0.717) is 5.56 Å². The van der Waals surface area contributed by atoms with Crippen LogP contribution in [0.4, 0.5) is 22.0 Å². The zero-order chi connectivity index (χ0) is 13.8. The monoisotopic (exact) mass is 269 g/mol. The molecule has 0 aliphatic carbocycles. The van der Waals surface area contributed by atoms with Gasteiger partial charge in [-0.15, -0.1) is 0 Å². The van der Waals surface area contributed by atoms with Crippen LogP contribution in [0, 0.1) is 0 Å². The van der Waals surface area contributed by atoms with Gasteiger partial charge in [0.2, 0.25) is 0 Å². The van der Waals surface area contributed by atoms with Crippen LogP contribution in [-0.2, 0) is 0 Å². The molecular weight excluding hydrogens is 257 g/mol. The maximum absolute atomic E-state index is 12.0. The number of hydrogen-bond donors (Lipinski definition) is 1. The van der Waals surface area contributed by atoms with Crippen LogP contribution in [0.1, 0.15) is 24.4 Å². The van der Waals surface area contributed by atoms with Crippen LogP contribution >= 0.6 is 0 Å².